The third-order valence-electron chi connectivity index (χ3n) is 2.31. The van der Waals surface area contributed by atoms with E-state index in [2.05, 4.69) is 26.0 Å². The first kappa shape index (κ1) is 12.2. The Balaban J connectivity index is 2.84. The van der Waals surface area contributed by atoms with Gasteiger partial charge in [0.1, 0.15) is 15.8 Å². The number of aromatic amines is 1. The lowest BCUT2D eigenvalue weighted by molar-refractivity contribution is -0.141. The Kier molecular flexibility index (Phi) is 2.76. The van der Waals surface area contributed by atoms with Crippen molar-refractivity contribution >= 4 is 26.8 Å². The second kappa shape index (κ2) is 3.86. The zero-order chi connectivity index (χ0) is 12.8. The Hall–Kier alpha value is -1.31. The van der Waals surface area contributed by atoms with E-state index in [0.717, 1.165) is 6.07 Å². The van der Waals surface area contributed by atoms with Crippen molar-refractivity contribution in [2.75, 3.05) is 0 Å². The maximum Gasteiger partial charge on any atom is 0.433 e. The van der Waals surface area contributed by atoms with E-state index in [-0.39, 0.29) is 9.99 Å². The largest absolute Gasteiger partial charge is 0.433 e. The highest BCUT2D eigenvalue weighted by Gasteiger charge is 2.34. The Morgan fingerprint density at radius 3 is 2.71 bits per heavy atom. The molecule has 0 aliphatic carbocycles. The summed E-state index contributed by atoms with van der Waals surface area (Å²) < 4.78 is 39.0. The minimum atomic E-state index is -4.57. The lowest BCUT2D eigenvalue weighted by atomic mass is 10.2. The molecule has 0 unspecified atom stereocenters. The van der Waals surface area contributed by atoms with Crippen LogP contribution in [0, 0.1) is 0 Å². The first-order valence-electron chi connectivity index (χ1n) is 4.71. The van der Waals surface area contributed by atoms with E-state index in [0.29, 0.717) is 12.1 Å². The van der Waals surface area contributed by atoms with Crippen molar-refractivity contribution in [1.29, 1.82) is 0 Å². The highest BCUT2D eigenvalue weighted by atomic mass is 79.9. The lowest BCUT2D eigenvalue weighted by Crippen LogP contribution is -2.09. The van der Waals surface area contributed by atoms with Crippen molar-refractivity contribution in [1.82, 2.24) is 14.8 Å². The second-order valence-electron chi connectivity index (χ2n) is 3.38. The van der Waals surface area contributed by atoms with Crippen molar-refractivity contribution in [3.63, 3.8) is 0 Å². The number of nitrogens with zero attached hydrogens (tertiary/aromatic N) is 2. The van der Waals surface area contributed by atoms with Crippen LogP contribution >= 0.6 is 15.9 Å². The molecule has 0 saturated carbocycles. The predicted octanol–water partition coefficient (Wildman–Crippen LogP) is 2.53. The van der Waals surface area contributed by atoms with Crippen LogP contribution in [0.5, 0.6) is 0 Å². The van der Waals surface area contributed by atoms with Gasteiger partial charge < -0.3 is 0 Å². The van der Waals surface area contributed by atoms with Crippen molar-refractivity contribution < 1.29 is 13.2 Å². The van der Waals surface area contributed by atoms with Crippen LogP contribution in [0.4, 0.5) is 13.2 Å². The fourth-order valence-corrected chi connectivity index (χ4v) is 2.18. The smallest absolute Gasteiger partial charge is 0.282 e. The van der Waals surface area contributed by atoms with Crippen molar-refractivity contribution in [2.24, 2.45) is 0 Å². The molecule has 2 rings (SSSR count). The fourth-order valence-electron chi connectivity index (χ4n) is 1.56. The molecule has 0 atom stereocenters. The Labute approximate surface area is 102 Å². The summed E-state index contributed by atoms with van der Waals surface area (Å²) >= 11 is 2.95. The molecule has 8 heteroatoms. The topological polar surface area (TPSA) is 50.7 Å². The number of pyridine rings is 1. The van der Waals surface area contributed by atoms with Gasteiger partial charge in [0.15, 0.2) is 0 Å². The molecule has 17 heavy (non-hydrogen) atoms. The molecule has 0 aromatic carbocycles. The van der Waals surface area contributed by atoms with Gasteiger partial charge in [-0.05, 0) is 28.9 Å². The number of alkyl halides is 3. The number of hydrogen-bond acceptors (Lipinski definition) is 2. The Bertz CT molecular complexity index is 629. The number of aromatic nitrogens is 3. The molecule has 4 nitrogen and oxygen atoms in total. The number of H-pyrrole nitrogens is 1. The van der Waals surface area contributed by atoms with Crippen LogP contribution in [0.3, 0.4) is 0 Å². The van der Waals surface area contributed by atoms with E-state index >= 15 is 0 Å². The standard InChI is InChI=1S/C9H7BrF3N3O/c1-2-16-6-4(8(17)15-16)3-5(9(11,12)13)14-7(6)10/h3H,2H2,1H3,(H,15,17). The second-order valence-corrected chi connectivity index (χ2v) is 4.13. The number of halogens is 4. The molecule has 0 fully saturated rings. The number of rotatable bonds is 1. The first-order valence-corrected chi connectivity index (χ1v) is 5.50. The van der Waals surface area contributed by atoms with E-state index < -0.39 is 17.4 Å². The highest BCUT2D eigenvalue weighted by Crippen LogP contribution is 2.31. The zero-order valence-corrected chi connectivity index (χ0v) is 10.2. The average Bonchev–Trinajstić information content (AvgIpc) is 2.55. The minimum Gasteiger partial charge on any atom is -0.282 e. The number of fused-ring (bicyclic) bond motifs is 1. The Morgan fingerprint density at radius 1 is 1.53 bits per heavy atom. The molecular weight excluding hydrogens is 303 g/mol. The van der Waals surface area contributed by atoms with E-state index in [4.69, 9.17) is 0 Å². The van der Waals surface area contributed by atoms with Gasteiger partial charge in [-0.25, -0.2) is 4.98 Å². The maximum atomic E-state index is 12.5. The monoisotopic (exact) mass is 309 g/mol. The molecule has 2 aromatic rings. The molecule has 0 spiro atoms. The van der Waals surface area contributed by atoms with Crippen molar-refractivity contribution in [2.45, 2.75) is 19.6 Å². The van der Waals surface area contributed by atoms with Crippen LogP contribution < -0.4 is 5.56 Å². The van der Waals surface area contributed by atoms with Gasteiger partial charge in [-0.15, -0.1) is 0 Å². The highest BCUT2D eigenvalue weighted by molar-refractivity contribution is 9.10. The molecule has 0 bridgehead atoms. The number of aryl methyl sites for hydroxylation is 1. The molecule has 0 aliphatic heterocycles. The van der Waals surface area contributed by atoms with E-state index in [1.807, 2.05) is 0 Å². The van der Waals surface area contributed by atoms with Crippen LogP contribution in [-0.4, -0.2) is 14.8 Å². The van der Waals surface area contributed by atoms with Gasteiger partial charge in [0.05, 0.1) is 5.39 Å². The molecule has 1 N–H and O–H groups in total. The number of hydrogen-bond donors (Lipinski definition) is 1. The average molecular weight is 310 g/mol. The van der Waals surface area contributed by atoms with Gasteiger partial charge in [0.25, 0.3) is 5.56 Å². The number of nitrogens with one attached hydrogen (secondary N) is 1. The van der Waals surface area contributed by atoms with Crippen LogP contribution in [-0.2, 0) is 12.7 Å². The van der Waals surface area contributed by atoms with E-state index in [1.165, 1.54) is 4.68 Å². The molecule has 0 saturated heterocycles. The molecular formula is C9H7BrF3N3O. The quantitative estimate of drug-likeness (QED) is 0.823. The van der Waals surface area contributed by atoms with Crippen LogP contribution in [0.15, 0.2) is 15.5 Å². The van der Waals surface area contributed by atoms with Gasteiger partial charge >= 0.3 is 6.18 Å². The summed E-state index contributed by atoms with van der Waals surface area (Å²) in [7, 11) is 0. The van der Waals surface area contributed by atoms with Crippen LogP contribution in [0.25, 0.3) is 10.9 Å². The predicted molar refractivity (Wildman–Crippen MR) is 58.7 cm³/mol. The van der Waals surface area contributed by atoms with Gasteiger partial charge in [-0.1, -0.05) is 0 Å². The van der Waals surface area contributed by atoms with Gasteiger partial charge in [-0.2, -0.15) is 13.2 Å². The van der Waals surface area contributed by atoms with Gasteiger partial charge in [0.2, 0.25) is 0 Å². The third-order valence-corrected chi connectivity index (χ3v) is 2.86. The zero-order valence-electron chi connectivity index (χ0n) is 8.60. The summed E-state index contributed by atoms with van der Waals surface area (Å²) in [5.41, 5.74) is -1.31. The summed E-state index contributed by atoms with van der Waals surface area (Å²) in [5.74, 6) is 0. The van der Waals surface area contributed by atoms with Crippen LogP contribution in [0.2, 0.25) is 0 Å². The molecule has 0 amide bonds. The first-order chi connectivity index (χ1) is 7.84. The van der Waals surface area contributed by atoms with E-state index in [9.17, 15) is 18.0 Å². The maximum absolute atomic E-state index is 12.5. The summed E-state index contributed by atoms with van der Waals surface area (Å²) in [5, 5.41) is 2.42. The summed E-state index contributed by atoms with van der Waals surface area (Å²) in [6, 6.07) is 0.755. The van der Waals surface area contributed by atoms with Gasteiger partial charge in [0, 0.05) is 6.54 Å². The normalized spacial score (nSPS) is 12.3. The molecule has 0 radical (unpaired) electrons. The summed E-state index contributed by atoms with van der Waals surface area (Å²) in [6.45, 7) is 2.20. The SMILES string of the molecule is CCn1[nH]c(=O)c2cc(C(F)(F)F)nc(Br)c21. The molecule has 2 heterocycles. The van der Waals surface area contributed by atoms with Gasteiger partial charge in [-0.3, -0.25) is 14.6 Å². The lowest BCUT2D eigenvalue weighted by Gasteiger charge is -2.07. The molecule has 0 aliphatic rings. The van der Waals surface area contributed by atoms with Crippen LogP contribution in [0.1, 0.15) is 12.6 Å². The fraction of sp³-hybridized carbons (Fsp3) is 0.333. The summed E-state index contributed by atoms with van der Waals surface area (Å²) in [6.07, 6.45) is -4.57. The minimum absolute atomic E-state index is 0.00234. The van der Waals surface area contributed by atoms with E-state index in [1.54, 1.807) is 6.92 Å². The summed E-state index contributed by atoms with van der Waals surface area (Å²) in [4.78, 5) is 14.9. The third kappa shape index (κ3) is 1.97. The Morgan fingerprint density at radius 2 is 2.18 bits per heavy atom. The molecule has 2 aromatic heterocycles. The molecule has 92 valence electrons. The van der Waals surface area contributed by atoms with Crippen molar-refractivity contribution in [3.05, 3.63) is 26.7 Å². The van der Waals surface area contributed by atoms with Crippen molar-refractivity contribution in [3.8, 4) is 0 Å².